The SMILES string of the molecule is CC(C)(C)NC(=O)/C(C#N)=C\Nc1cc(Cl)ccc1Cl. The average Bonchev–Trinajstić information content (AvgIpc) is 2.32. The van der Waals surface area contributed by atoms with Crippen molar-refractivity contribution in [3.8, 4) is 6.07 Å². The highest BCUT2D eigenvalue weighted by Gasteiger charge is 2.17. The fourth-order valence-electron chi connectivity index (χ4n) is 1.31. The third kappa shape index (κ3) is 5.12. The first-order chi connectivity index (χ1) is 9.23. The smallest absolute Gasteiger partial charge is 0.263 e. The van der Waals surface area contributed by atoms with Crippen molar-refractivity contribution in [3.05, 3.63) is 40.0 Å². The summed E-state index contributed by atoms with van der Waals surface area (Å²) in [6.45, 7) is 5.50. The lowest BCUT2D eigenvalue weighted by Gasteiger charge is -2.20. The lowest BCUT2D eigenvalue weighted by Crippen LogP contribution is -2.41. The van der Waals surface area contributed by atoms with Crippen LogP contribution in [0.3, 0.4) is 0 Å². The van der Waals surface area contributed by atoms with Crippen LogP contribution in [-0.2, 0) is 4.79 Å². The zero-order valence-corrected chi connectivity index (χ0v) is 12.9. The predicted molar refractivity (Wildman–Crippen MR) is 81.7 cm³/mol. The van der Waals surface area contributed by atoms with Crippen molar-refractivity contribution < 1.29 is 4.79 Å². The van der Waals surface area contributed by atoms with Gasteiger partial charge >= 0.3 is 0 Å². The summed E-state index contributed by atoms with van der Waals surface area (Å²) in [4.78, 5) is 11.9. The van der Waals surface area contributed by atoms with Gasteiger partial charge in [-0.3, -0.25) is 4.79 Å². The summed E-state index contributed by atoms with van der Waals surface area (Å²) in [5.74, 6) is -0.453. The zero-order chi connectivity index (χ0) is 15.3. The first-order valence-electron chi connectivity index (χ1n) is 5.87. The highest BCUT2D eigenvalue weighted by molar-refractivity contribution is 6.35. The van der Waals surface area contributed by atoms with Crippen LogP contribution in [0.5, 0.6) is 0 Å². The van der Waals surface area contributed by atoms with Crippen LogP contribution in [0.2, 0.25) is 10.0 Å². The number of rotatable bonds is 3. The van der Waals surface area contributed by atoms with Crippen LogP contribution in [0.1, 0.15) is 20.8 Å². The lowest BCUT2D eigenvalue weighted by atomic mass is 10.1. The van der Waals surface area contributed by atoms with Gasteiger partial charge in [0, 0.05) is 16.8 Å². The molecule has 0 bridgehead atoms. The molecular formula is C14H15Cl2N3O. The number of benzene rings is 1. The molecule has 20 heavy (non-hydrogen) atoms. The highest BCUT2D eigenvalue weighted by atomic mass is 35.5. The summed E-state index contributed by atoms with van der Waals surface area (Å²) < 4.78 is 0. The number of nitriles is 1. The molecule has 0 aliphatic carbocycles. The van der Waals surface area contributed by atoms with E-state index in [9.17, 15) is 4.79 Å². The number of hydrogen-bond donors (Lipinski definition) is 2. The zero-order valence-electron chi connectivity index (χ0n) is 11.4. The van der Waals surface area contributed by atoms with Crippen LogP contribution in [0.25, 0.3) is 0 Å². The van der Waals surface area contributed by atoms with Crippen molar-refractivity contribution in [3.63, 3.8) is 0 Å². The van der Waals surface area contributed by atoms with Crippen molar-refractivity contribution >= 4 is 34.8 Å². The molecule has 0 radical (unpaired) electrons. The summed E-state index contributed by atoms with van der Waals surface area (Å²) >= 11 is 11.8. The van der Waals surface area contributed by atoms with E-state index in [2.05, 4.69) is 10.6 Å². The van der Waals surface area contributed by atoms with Gasteiger partial charge in [0.15, 0.2) is 0 Å². The van der Waals surface area contributed by atoms with Gasteiger partial charge in [-0.15, -0.1) is 0 Å². The fourth-order valence-corrected chi connectivity index (χ4v) is 1.66. The standard InChI is InChI=1S/C14H15Cl2N3O/c1-14(2,3)19-13(20)9(7-17)8-18-12-6-10(15)4-5-11(12)16/h4-6,8,18H,1-3H3,(H,19,20)/b9-8-. The summed E-state index contributed by atoms with van der Waals surface area (Å²) in [5.41, 5.74) is 0.0622. The quantitative estimate of drug-likeness (QED) is 0.660. The number of amides is 1. The number of hydrogen-bond acceptors (Lipinski definition) is 3. The number of carbonyl (C=O) groups is 1. The van der Waals surface area contributed by atoms with Crippen molar-refractivity contribution in [2.75, 3.05) is 5.32 Å². The molecule has 1 aromatic carbocycles. The summed E-state index contributed by atoms with van der Waals surface area (Å²) in [5, 5.41) is 15.5. The molecule has 0 unspecified atom stereocenters. The maximum absolute atomic E-state index is 11.9. The van der Waals surface area contributed by atoms with E-state index in [1.54, 1.807) is 18.2 Å². The minimum absolute atomic E-state index is 0.0454. The Bertz CT molecular complexity index is 583. The van der Waals surface area contributed by atoms with Gasteiger partial charge in [0.25, 0.3) is 5.91 Å². The average molecular weight is 312 g/mol. The number of nitrogens with one attached hydrogen (secondary N) is 2. The molecule has 0 aliphatic rings. The Balaban J connectivity index is 2.89. The second-order valence-corrected chi connectivity index (χ2v) is 5.99. The van der Waals surface area contributed by atoms with Gasteiger partial charge in [-0.1, -0.05) is 23.2 Å². The molecule has 2 N–H and O–H groups in total. The Morgan fingerprint density at radius 3 is 2.55 bits per heavy atom. The minimum Gasteiger partial charge on any atom is -0.359 e. The second kappa shape index (κ2) is 6.65. The molecular weight excluding hydrogens is 297 g/mol. The molecule has 106 valence electrons. The molecule has 0 aromatic heterocycles. The number of halogens is 2. The van der Waals surface area contributed by atoms with Crippen LogP contribution in [0, 0.1) is 11.3 Å². The molecule has 1 amide bonds. The van der Waals surface area contributed by atoms with E-state index in [-0.39, 0.29) is 5.57 Å². The Hall–Kier alpha value is -1.70. The molecule has 1 aromatic rings. The largest absolute Gasteiger partial charge is 0.359 e. The van der Waals surface area contributed by atoms with E-state index in [1.165, 1.54) is 6.20 Å². The van der Waals surface area contributed by atoms with Crippen molar-refractivity contribution in [1.29, 1.82) is 5.26 Å². The van der Waals surface area contributed by atoms with Crippen molar-refractivity contribution in [1.82, 2.24) is 5.32 Å². The molecule has 0 saturated carbocycles. The minimum atomic E-state index is -0.453. The molecule has 4 nitrogen and oxygen atoms in total. The number of nitrogens with zero attached hydrogens (tertiary/aromatic N) is 1. The number of carbonyl (C=O) groups excluding carboxylic acids is 1. The predicted octanol–water partition coefficient (Wildman–Crippen LogP) is 3.73. The molecule has 0 aliphatic heterocycles. The first kappa shape index (κ1) is 16.4. The van der Waals surface area contributed by atoms with Gasteiger partial charge in [-0.2, -0.15) is 5.26 Å². The lowest BCUT2D eigenvalue weighted by molar-refractivity contribution is -0.118. The Labute approximate surface area is 128 Å². The van der Waals surface area contributed by atoms with Gasteiger partial charge in [0.05, 0.1) is 10.7 Å². The Morgan fingerprint density at radius 2 is 2.00 bits per heavy atom. The fraction of sp³-hybridized carbons (Fsp3) is 0.286. The van der Waals surface area contributed by atoms with Gasteiger partial charge in [0.2, 0.25) is 0 Å². The van der Waals surface area contributed by atoms with Gasteiger partial charge in [-0.25, -0.2) is 0 Å². The van der Waals surface area contributed by atoms with E-state index in [4.69, 9.17) is 28.5 Å². The van der Waals surface area contributed by atoms with E-state index in [1.807, 2.05) is 26.8 Å². The van der Waals surface area contributed by atoms with Crippen molar-refractivity contribution in [2.45, 2.75) is 26.3 Å². The summed E-state index contributed by atoms with van der Waals surface area (Å²) in [6.07, 6.45) is 1.30. The van der Waals surface area contributed by atoms with Crippen LogP contribution < -0.4 is 10.6 Å². The Morgan fingerprint density at radius 1 is 1.35 bits per heavy atom. The normalized spacial score (nSPS) is 11.7. The van der Waals surface area contributed by atoms with E-state index in [0.717, 1.165) is 0 Å². The van der Waals surface area contributed by atoms with Crippen LogP contribution in [-0.4, -0.2) is 11.4 Å². The van der Waals surface area contributed by atoms with Gasteiger partial charge < -0.3 is 10.6 Å². The number of anilines is 1. The molecule has 0 heterocycles. The Kier molecular flexibility index (Phi) is 5.43. The molecule has 1 rings (SSSR count). The molecule has 0 fully saturated rings. The summed E-state index contributed by atoms with van der Waals surface area (Å²) in [7, 11) is 0. The first-order valence-corrected chi connectivity index (χ1v) is 6.63. The van der Waals surface area contributed by atoms with E-state index >= 15 is 0 Å². The van der Waals surface area contributed by atoms with Crippen LogP contribution in [0.15, 0.2) is 30.0 Å². The van der Waals surface area contributed by atoms with Crippen LogP contribution in [0.4, 0.5) is 5.69 Å². The molecule has 0 saturated heterocycles. The third-order valence-corrected chi connectivity index (χ3v) is 2.72. The molecule has 6 heteroatoms. The van der Waals surface area contributed by atoms with Gasteiger partial charge in [0.1, 0.15) is 11.6 Å². The topological polar surface area (TPSA) is 64.9 Å². The molecule has 0 spiro atoms. The van der Waals surface area contributed by atoms with Crippen LogP contribution >= 0.6 is 23.2 Å². The maximum Gasteiger partial charge on any atom is 0.263 e. The molecule has 0 atom stereocenters. The summed E-state index contributed by atoms with van der Waals surface area (Å²) in [6, 6.07) is 6.72. The van der Waals surface area contributed by atoms with Gasteiger partial charge in [-0.05, 0) is 39.0 Å². The van der Waals surface area contributed by atoms with E-state index < -0.39 is 11.4 Å². The van der Waals surface area contributed by atoms with E-state index in [0.29, 0.717) is 15.7 Å². The monoisotopic (exact) mass is 311 g/mol. The van der Waals surface area contributed by atoms with Crippen molar-refractivity contribution in [2.24, 2.45) is 0 Å². The third-order valence-electron chi connectivity index (χ3n) is 2.15. The second-order valence-electron chi connectivity index (χ2n) is 5.14. The highest BCUT2D eigenvalue weighted by Crippen LogP contribution is 2.25. The maximum atomic E-state index is 11.9.